The normalized spacial score (nSPS) is 15.1. The number of aryl methyl sites for hydroxylation is 2. The zero-order valence-electron chi connectivity index (χ0n) is 27.5. The molecule has 0 bridgehead atoms. The number of aliphatic hydroxyl groups excluding tert-OH is 1. The number of cyclic esters (lactones) is 1. The summed E-state index contributed by atoms with van der Waals surface area (Å²) in [6, 6.07) is 28.9. The third-order valence-corrected chi connectivity index (χ3v) is 8.73. The summed E-state index contributed by atoms with van der Waals surface area (Å²) in [7, 11) is 0. The fourth-order valence-electron chi connectivity index (χ4n) is 6.31. The van der Waals surface area contributed by atoms with Crippen LogP contribution in [0.3, 0.4) is 0 Å². The molecule has 250 valence electrons. The van der Waals surface area contributed by atoms with E-state index in [1.807, 2.05) is 57.2 Å². The molecule has 1 heterocycles. The number of aliphatic hydroxyl groups is 1. The number of carbonyl (C=O) groups is 2. The van der Waals surface area contributed by atoms with Gasteiger partial charge in [0.05, 0.1) is 5.57 Å². The van der Waals surface area contributed by atoms with Gasteiger partial charge in [-0.15, -0.1) is 0 Å². The quantitative estimate of drug-likeness (QED) is 0.158. The molecule has 0 spiro atoms. The van der Waals surface area contributed by atoms with Crippen molar-refractivity contribution in [3.05, 3.63) is 148 Å². The van der Waals surface area contributed by atoms with E-state index in [0.29, 0.717) is 36.9 Å². The second-order valence-electron chi connectivity index (χ2n) is 13.5. The number of hydrogen-bond donors (Lipinski definition) is 2. The molecule has 1 unspecified atom stereocenters. The van der Waals surface area contributed by atoms with Crippen molar-refractivity contribution in [1.82, 2.24) is 0 Å². The van der Waals surface area contributed by atoms with Crippen LogP contribution in [-0.2, 0) is 33.7 Å². The number of carbonyl (C=O) groups excluding carboxylic acids is 2. The highest BCUT2D eigenvalue weighted by Crippen LogP contribution is 2.47. The van der Waals surface area contributed by atoms with E-state index in [9.17, 15) is 23.5 Å². The van der Waals surface area contributed by atoms with Crippen LogP contribution in [0.15, 0.2) is 114 Å². The summed E-state index contributed by atoms with van der Waals surface area (Å²) in [5.41, 5.74) is 2.41. The lowest BCUT2D eigenvalue weighted by Gasteiger charge is -2.41. The number of nitrogens with one attached hydrogen (secondary N) is 1. The number of esters is 1. The molecule has 5 rings (SSSR count). The van der Waals surface area contributed by atoms with Gasteiger partial charge < -0.3 is 14.6 Å². The van der Waals surface area contributed by atoms with Gasteiger partial charge in [-0.25, -0.2) is 18.4 Å². The first-order valence-electron chi connectivity index (χ1n) is 16.1. The Hall–Kier alpha value is -4.98. The van der Waals surface area contributed by atoms with Gasteiger partial charge in [0.1, 0.15) is 29.6 Å². The molecule has 1 atom stereocenters. The molecule has 1 aliphatic heterocycles. The summed E-state index contributed by atoms with van der Waals surface area (Å²) in [5, 5.41) is 14.5. The van der Waals surface area contributed by atoms with E-state index in [0.717, 1.165) is 16.7 Å². The molecule has 0 aliphatic carbocycles. The molecule has 0 fully saturated rings. The molecule has 48 heavy (non-hydrogen) atoms. The predicted octanol–water partition coefficient (Wildman–Crippen LogP) is 9.61. The smallest absolute Gasteiger partial charge is 0.411 e. The number of benzene rings is 4. The van der Waals surface area contributed by atoms with Gasteiger partial charge in [0.15, 0.2) is 0 Å². The number of amides is 1. The largest absolute Gasteiger partial charge is 0.512 e. The molecule has 4 aromatic carbocycles. The van der Waals surface area contributed by atoms with E-state index in [2.05, 4.69) is 5.32 Å². The van der Waals surface area contributed by atoms with Crippen LogP contribution in [0.1, 0.15) is 68.2 Å². The maximum atomic E-state index is 14.0. The zero-order chi connectivity index (χ0) is 34.3. The summed E-state index contributed by atoms with van der Waals surface area (Å²) < 4.78 is 38.9. The molecule has 0 saturated heterocycles. The van der Waals surface area contributed by atoms with E-state index in [1.165, 1.54) is 24.3 Å². The average Bonchev–Trinajstić information content (AvgIpc) is 3.05. The monoisotopic (exact) mass is 653 g/mol. The SMILES string of the molecule is CC(C)(C)C(C1=C(O)CC(CCc2ccc(F)cc2)(CCc2ccc(F)cc2)OC1=O)c1cccc(NC(=O)OCc2ccccc2)c1. The molecular weight excluding hydrogens is 612 g/mol. The third-order valence-electron chi connectivity index (χ3n) is 8.73. The first kappa shape index (κ1) is 34.4. The van der Waals surface area contributed by atoms with E-state index < -0.39 is 29.0 Å². The minimum Gasteiger partial charge on any atom is -0.512 e. The second-order valence-corrected chi connectivity index (χ2v) is 13.5. The van der Waals surface area contributed by atoms with Crippen LogP contribution in [0.4, 0.5) is 19.3 Å². The van der Waals surface area contributed by atoms with Crippen LogP contribution < -0.4 is 5.32 Å². The van der Waals surface area contributed by atoms with E-state index in [-0.39, 0.29) is 36.0 Å². The summed E-state index contributed by atoms with van der Waals surface area (Å²) in [5.74, 6) is -1.91. The molecule has 0 aromatic heterocycles. The number of rotatable bonds is 11. The Balaban J connectivity index is 1.40. The highest BCUT2D eigenvalue weighted by atomic mass is 19.1. The number of anilines is 1. The molecule has 0 saturated carbocycles. The Morgan fingerprint density at radius 3 is 1.98 bits per heavy atom. The lowest BCUT2D eigenvalue weighted by molar-refractivity contribution is -0.161. The van der Waals surface area contributed by atoms with Crippen LogP contribution in [0.5, 0.6) is 0 Å². The van der Waals surface area contributed by atoms with Crippen LogP contribution in [0.2, 0.25) is 0 Å². The molecule has 2 N–H and O–H groups in total. The minimum atomic E-state index is -1.04. The van der Waals surface area contributed by atoms with E-state index >= 15 is 0 Å². The Bertz CT molecular complexity index is 1700. The van der Waals surface area contributed by atoms with Crippen molar-refractivity contribution >= 4 is 17.7 Å². The van der Waals surface area contributed by atoms with Crippen molar-refractivity contribution in [1.29, 1.82) is 0 Å². The Morgan fingerprint density at radius 2 is 1.44 bits per heavy atom. The first-order chi connectivity index (χ1) is 22.9. The van der Waals surface area contributed by atoms with Crippen molar-refractivity contribution in [3.63, 3.8) is 0 Å². The van der Waals surface area contributed by atoms with Crippen LogP contribution in [-0.4, -0.2) is 22.8 Å². The summed E-state index contributed by atoms with van der Waals surface area (Å²) in [4.78, 5) is 26.7. The summed E-state index contributed by atoms with van der Waals surface area (Å²) in [6.07, 6.45) is 1.26. The van der Waals surface area contributed by atoms with Gasteiger partial charge >= 0.3 is 12.1 Å². The predicted molar refractivity (Wildman–Crippen MR) is 181 cm³/mol. The van der Waals surface area contributed by atoms with E-state index in [4.69, 9.17) is 9.47 Å². The molecule has 4 aromatic rings. The van der Waals surface area contributed by atoms with Crippen molar-refractivity contribution in [2.24, 2.45) is 5.41 Å². The molecule has 1 amide bonds. The highest BCUT2D eigenvalue weighted by molar-refractivity contribution is 5.92. The average molecular weight is 654 g/mol. The highest BCUT2D eigenvalue weighted by Gasteiger charge is 2.46. The van der Waals surface area contributed by atoms with Gasteiger partial charge in [0.25, 0.3) is 0 Å². The summed E-state index contributed by atoms with van der Waals surface area (Å²) >= 11 is 0. The van der Waals surface area contributed by atoms with Gasteiger partial charge in [-0.05, 0) is 89.8 Å². The van der Waals surface area contributed by atoms with Gasteiger partial charge in [0, 0.05) is 18.0 Å². The van der Waals surface area contributed by atoms with Gasteiger partial charge in [-0.3, -0.25) is 5.32 Å². The fraction of sp³-hybridized carbons (Fsp3) is 0.300. The number of halogens is 2. The lowest BCUT2D eigenvalue weighted by atomic mass is 9.70. The topological polar surface area (TPSA) is 84.9 Å². The van der Waals surface area contributed by atoms with Gasteiger partial charge in [-0.2, -0.15) is 0 Å². The van der Waals surface area contributed by atoms with Crippen LogP contribution >= 0.6 is 0 Å². The third kappa shape index (κ3) is 8.88. The maximum absolute atomic E-state index is 14.0. The molecule has 0 radical (unpaired) electrons. The number of ether oxygens (including phenoxy) is 2. The van der Waals surface area contributed by atoms with Crippen LogP contribution in [0, 0.1) is 17.0 Å². The van der Waals surface area contributed by atoms with Crippen molar-refractivity contribution in [2.75, 3.05) is 5.32 Å². The second kappa shape index (κ2) is 14.8. The van der Waals surface area contributed by atoms with E-state index in [1.54, 1.807) is 42.5 Å². The standard InChI is InChI=1S/C40H41F2NO5/c1-39(2,3)36(30-10-7-11-33(24-30)43-38(46)47-26-29-8-5-4-6-9-29)35-34(44)25-40(48-37(35)45,22-20-27-12-16-31(41)17-13-27)23-21-28-14-18-32(42)19-15-28/h4-19,24,36,44H,20-23,25-26H2,1-3H3,(H,43,46). The zero-order valence-corrected chi connectivity index (χ0v) is 27.5. The van der Waals surface area contributed by atoms with Gasteiger partial charge in [0.2, 0.25) is 0 Å². The Morgan fingerprint density at radius 1 is 0.854 bits per heavy atom. The van der Waals surface area contributed by atoms with Crippen molar-refractivity contribution < 1.29 is 33.0 Å². The fourth-order valence-corrected chi connectivity index (χ4v) is 6.31. The van der Waals surface area contributed by atoms with Crippen molar-refractivity contribution in [3.8, 4) is 0 Å². The summed E-state index contributed by atoms with van der Waals surface area (Å²) in [6.45, 7) is 6.05. The van der Waals surface area contributed by atoms with Crippen molar-refractivity contribution in [2.45, 2.75) is 71.0 Å². The molecule has 8 heteroatoms. The Labute approximate surface area is 280 Å². The number of hydrogen-bond acceptors (Lipinski definition) is 5. The molecular formula is C40H41F2NO5. The molecule has 6 nitrogen and oxygen atoms in total. The lowest BCUT2D eigenvalue weighted by Crippen LogP contribution is -2.43. The van der Waals surface area contributed by atoms with Gasteiger partial charge in [-0.1, -0.05) is 87.5 Å². The minimum absolute atomic E-state index is 0.0509. The molecule has 1 aliphatic rings. The van der Waals surface area contributed by atoms with Crippen LogP contribution in [0.25, 0.3) is 0 Å². The first-order valence-corrected chi connectivity index (χ1v) is 16.1. The Kier molecular flexibility index (Phi) is 10.6. The maximum Gasteiger partial charge on any atom is 0.411 e.